The molecule has 5 atom stereocenters. The Morgan fingerprint density at radius 2 is 1.47 bits per heavy atom. The number of carboxylic acids is 1. The van der Waals surface area contributed by atoms with Gasteiger partial charge in [0.1, 0.15) is 18.1 Å². The van der Waals surface area contributed by atoms with Crippen molar-refractivity contribution in [3.05, 3.63) is 35.9 Å². The van der Waals surface area contributed by atoms with Crippen LogP contribution < -0.4 is 27.4 Å². The number of amides is 4. The Balaban J connectivity index is 3.07. The maximum atomic E-state index is 13.3. The van der Waals surface area contributed by atoms with E-state index in [1.807, 2.05) is 13.0 Å². The van der Waals surface area contributed by atoms with Crippen molar-refractivity contribution >= 4 is 29.6 Å². The van der Waals surface area contributed by atoms with Gasteiger partial charge in [0.2, 0.25) is 23.6 Å². The number of carbonyl (C=O) groups excluding carboxylic acids is 4. The first-order valence-electron chi connectivity index (χ1n) is 12.1. The van der Waals surface area contributed by atoms with E-state index in [1.165, 1.54) is 0 Å². The van der Waals surface area contributed by atoms with Crippen molar-refractivity contribution < 1.29 is 29.1 Å². The van der Waals surface area contributed by atoms with Crippen LogP contribution in [0.5, 0.6) is 0 Å². The van der Waals surface area contributed by atoms with Crippen LogP contribution in [0, 0.1) is 11.8 Å². The standard InChI is InChI=1S/C25H39N5O6/c1-5-15(4)21(25(35)36)30-24(34)20(14(2)3)29-23(33)18(13-16-9-7-6-8-10-16)28-22(32)17(26)11-12-19(27)31/h6-10,14-15,17-18,20-21H,5,11-13,26H2,1-4H3,(H2,27,31)(H,28,32)(H,29,33)(H,30,34)(H,35,36). The van der Waals surface area contributed by atoms with Crippen molar-refractivity contribution in [1.29, 1.82) is 0 Å². The number of nitrogens with two attached hydrogens (primary N) is 2. The van der Waals surface area contributed by atoms with Crippen molar-refractivity contribution in [3.8, 4) is 0 Å². The van der Waals surface area contributed by atoms with Gasteiger partial charge in [-0.05, 0) is 23.8 Å². The van der Waals surface area contributed by atoms with Crippen LogP contribution in [0.2, 0.25) is 0 Å². The van der Waals surface area contributed by atoms with Crippen LogP contribution >= 0.6 is 0 Å². The molecule has 0 saturated heterocycles. The van der Waals surface area contributed by atoms with Gasteiger partial charge >= 0.3 is 5.97 Å². The number of benzene rings is 1. The van der Waals surface area contributed by atoms with Crippen molar-refractivity contribution in [2.75, 3.05) is 0 Å². The smallest absolute Gasteiger partial charge is 0.326 e. The van der Waals surface area contributed by atoms with Gasteiger partial charge in [0.05, 0.1) is 6.04 Å². The molecule has 11 nitrogen and oxygen atoms in total. The summed E-state index contributed by atoms with van der Waals surface area (Å²) in [6, 6.07) is 4.69. The lowest BCUT2D eigenvalue weighted by Crippen LogP contribution is -2.59. The second-order valence-electron chi connectivity index (χ2n) is 9.30. The number of aliphatic carboxylic acids is 1. The van der Waals surface area contributed by atoms with Gasteiger partial charge in [0.25, 0.3) is 0 Å². The second kappa shape index (κ2) is 14.8. The normalized spacial score (nSPS) is 15.2. The molecule has 5 unspecified atom stereocenters. The summed E-state index contributed by atoms with van der Waals surface area (Å²) >= 11 is 0. The molecule has 0 spiro atoms. The van der Waals surface area contributed by atoms with Crippen molar-refractivity contribution in [3.63, 3.8) is 0 Å². The molecule has 0 saturated carbocycles. The Morgan fingerprint density at radius 1 is 0.889 bits per heavy atom. The SMILES string of the molecule is CCC(C)C(NC(=O)C(NC(=O)C(Cc1ccccc1)NC(=O)C(N)CCC(N)=O)C(C)C)C(=O)O. The number of rotatable bonds is 15. The molecule has 0 radical (unpaired) electrons. The first-order valence-corrected chi connectivity index (χ1v) is 12.1. The van der Waals surface area contributed by atoms with Crippen molar-refractivity contribution in [1.82, 2.24) is 16.0 Å². The molecule has 0 fully saturated rings. The Hall–Kier alpha value is -3.47. The molecule has 200 valence electrons. The van der Waals surface area contributed by atoms with Crippen LogP contribution in [0.1, 0.15) is 52.5 Å². The molecular formula is C25H39N5O6. The van der Waals surface area contributed by atoms with E-state index in [0.717, 1.165) is 5.56 Å². The number of primary amides is 1. The maximum absolute atomic E-state index is 13.3. The summed E-state index contributed by atoms with van der Waals surface area (Å²) in [6.07, 6.45) is 0.597. The monoisotopic (exact) mass is 505 g/mol. The largest absolute Gasteiger partial charge is 0.480 e. The zero-order valence-corrected chi connectivity index (χ0v) is 21.3. The number of carboxylic acid groups (broad SMARTS) is 1. The van der Waals surface area contributed by atoms with Crippen LogP contribution in [-0.2, 0) is 30.4 Å². The number of carbonyl (C=O) groups is 5. The molecule has 1 aromatic rings. The van der Waals surface area contributed by atoms with Crippen molar-refractivity contribution in [2.24, 2.45) is 23.3 Å². The van der Waals surface area contributed by atoms with E-state index >= 15 is 0 Å². The fraction of sp³-hybridized carbons (Fsp3) is 0.560. The minimum absolute atomic E-state index is 0.0179. The van der Waals surface area contributed by atoms with Crippen LogP contribution in [0.15, 0.2) is 30.3 Å². The van der Waals surface area contributed by atoms with Gasteiger partial charge in [0.15, 0.2) is 0 Å². The average molecular weight is 506 g/mol. The minimum Gasteiger partial charge on any atom is -0.480 e. The first kappa shape index (κ1) is 30.6. The summed E-state index contributed by atoms with van der Waals surface area (Å²) in [7, 11) is 0. The van der Waals surface area contributed by atoms with Gasteiger partial charge in [0, 0.05) is 12.8 Å². The predicted molar refractivity (Wildman–Crippen MR) is 134 cm³/mol. The molecule has 0 aliphatic rings. The predicted octanol–water partition coefficient (Wildman–Crippen LogP) is 0.0630. The highest BCUT2D eigenvalue weighted by Gasteiger charge is 2.33. The zero-order valence-electron chi connectivity index (χ0n) is 21.3. The lowest BCUT2D eigenvalue weighted by atomic mass is 9.97. The Labute approximate surface area is 211 Å². The Bertz CT molecular complexity index is 907. The third kappa shape index (κ3) is 10.0. The third-order valence-electron chi connectivity index (χ3n) is 5.98. The number of hydrogen-bond donors (Lipinski definition) is 6. The van der Waals surface area contributed by atoms with Crippen LogP contribution in [0.3, 0.4) is 0 Å². The molecule has 0 aliphatic carbocycles. The van der Waals surface area contributed by atoms with Gasteiger partial charge in [-0.25, -0.2) is 4.79 Å². The van der Waals surface area contributed by atoms with E-state index in [0.29, 0.717) is 6.42 Å². The van der Waals surface area contributed by atoms with E-state index in [-0.39, 0.29) is 31.1 Å². The van der Waals surface area contributed by atoms with E-state index < -0.39 is 53.8 Å². The fourth-order valence-electron chi connectivity index (χ4n) is 3.48. The third-order valence-corrected chi connectivity index (χ3v) is 5.98. The second-order valence-corrected chi connectivity index (χ2v) is 9.30. The topological polar surface area (TPSA) is 194 Å². The van der Waals surface area contributed by atoms with Gasteiger partial charge in [-0.3, -0.25) is 19.2 Å². The minimum atomic E-state index is -1.16. The summed E-state index contributed by atoms with van der Waals surface area (Å²) in [5, 5.41) is 17.3. The summed E-state index contributed by atoms with van der Waals surface area (Å²) in [5.74, 6) is -4.34. The molecule has 0 bridgehead atoms. The lowest BCUT2D eigenvalue weighted by Gasteiger charge is -2.28. The van der Waals surface area contributed by atoms with Crippen LogP contribution in [0.25, 0.3) is 0 Å². The van der Waals surface area contributed by atoms with Gasteiger partial charge < -0.3 is 32.5 Å². The molecule has 11 heteroatoms. The molecule has 4 amide bonds. The number of hydrogen-bond acceptors (Lipinski definition) is 6. The van der Waals surface area contributed by atoms with Crippen LogP contribution in [-0.4, -0.2) is 58.9 Å². The summed E-state index contributed by atoms with van der Waals surface area (Å²) in [5.41, 5.74) is 11.7. The average Bonchev–Trinajstić information content (AvgIpc) is 2.83. The molecule has 1 aromatic carbocycles. The highest BCUT2D eigenvalue weighted by Crippen LogP contribution is 2.11. The summed E-state index contributed by atoms with van der Waals surface area (Å²) in [4.78, 5) is 61.5. The first-order chi connectivity index (χ1) is 16.9. The fourth-order valence-corrected chi connectivity index (χ4v) is 3.48. The maximum Gasteiger partial charge on any atom is 0.326 e. The molecular weight excluding hydrogens is 466 g/mol. The highest BCUT2D eigenvalue weighted by molar-refractivity contribution is 5.94. The van der Waals surface area contributed by atoms with E-state index in [2.05, 4.69) is 16.0 Å². The van der Waals surface area contributed by atoms with Gasteiger partial charge in [-0.2, -0.15) is 0 Å². The molecule has 8 N–H and O–H groups in total. The number of nitrogens with one attached hydrogen (secondary N) is 3. The van der Waals surface area contributed by atoms with Crippen molar-refractivity contribution in [2.45, 2.75) is 77.5 Å². The van der Waals surface area contributed by atoms with E-state index in [9.17, 15) is 29.1 Å². The zero-order chi connectivity index (χ0) is 27.4. The van der Waals surface area contributed by atoms with Gasteiger partial charge in [-0.1, -0.05) is 64.4 Å². The molecule has 1 rings (SSSR count). The van der Waals surface area contributed by atoms with E-state index in [1.54, 1.807) is 45.0 Å². The molecule has 0 heterocycles. The molecule has 0 aromatic heterocycles. The Morgan fingerprint density at radius 3 is 1.97 bits per heavy atom. The molecule has 36 heavy (non-hydrogen) atoms. The van der Waals surface area contributed by atoms with Crippen LogP contribution in [0.4, 0.5) is 0 Å². The quantitative estimate of drug-likeness (QED) is 0.194. The summed E-state index contributed by atoms with van der Waals surface area (Å²) in [6.45, 7) is 6.97. The Kier molecular flexibility index (Phi) is 12.6. The lowest BCUT2D eigenvalue weighted by molar-refractivity contribution is -0.144. The summed E-state index contributed by atoms with van der Waals surface area (Å²) < 4.78 is 0. The van der Waals surface area contributed by atoms with Gasteiger partial charge in [-0.15, -0.1) is 0 Å². The molecule has 0 aliphatic heterocycles. The van der Waals surface area contributed by atoms with E-state index in [4.69, 9.17) is 11.5 Å². The highest BCUT2D eigenvalue weighted by atomic mass is 16.4.